The smallest absolute Gasteiger partial charge is 0.416 e. The summed E-state index contributed by atoms with van der Waals surface area (Å²) in [7, 11) is 0. The van der Waals surface area contributed by atoms with Crippen LogP contribution in [0.5, 0.6) is 11.5 Å². The van der Waals surface area contributed by atoms with Crippen LogP contribution < -0.4 is 15.4 Å². The molecular formula is C27H22F3IN6O3. The highest BCUT2D eigenvalue weighted by Gasteiger charge is 2.30. The number of ether oxygens (including phenoxy) is 1. The molecule has 0 unspecified atom stereocenters. The first kappa shape index (κ1) is 27.4. The van der Waals surface area contributed by atoms with Crippen molar-refractivity contribution < 1.29 is 27.1 Å². The number of anilines is 2. The van der Waals surface area contributed by atoms with E-state index in [0.29, 0.717) is 40.7 Å². The van der Waals surface area contributed by atoms with Gasteiger partial charge in [0.15, 0.2) is 17.4 Å². The van der Waals surface area contributed by atoms with Crippen molar-refractivity contribution in [3.8, 4) is 11.5 Å². The lowest BCUT2D eigenvalue weighted by Crippen LogP contribution is -2.27. The number of rotatable bonds is 9. The Morgan fingerprint density at radius 1 is 1.15 bits per heavy atom. The molecule has 0 saturated heterocycles. The van der Waals surface area contributed by atoms with E-state index in [1.165, 1.54) is 24.7 Å². The van der Waals surface area contributed by atoms with Crippen molar-refractivity contribution in [2.24, 2.45) is 0 Å². The van der Waals surface area contributed by atoms with Crippen molar-refractivity contribution in [1.82, 2.24) is 24.8 Å². The molecule has 0 bridgehead atoms. The first-order valence-corrected chi connectivity index (χ1v) is 13.5. The van der Waals surface area contributed by atoms with E-state index in [0.717, 1.165) is 28.7 Å². The van der Waals surface area contributed by atoms with Gasteiger partial charge in [-0.05, 0) is 42.5 Å². The molecule has 40 heavy (non-hydrogen) atoms. The predicted octanol–water partition coefficient (Wildman–Crippen LogP) is 6.65. The lowest BCUT2D eigenvalue weighted by Gasteiger charge is -2.15. The molecule has 0 aliphatic rings. The predicted molar refractivity (Wildman–Crippen MR) is 150 cm³/mol. The van der Waals surface area contributed by atoms with Gasteiger partial charge in [0.05, 0.1) is 11.1 Å². The number of benzene rings is 2. The maximum atomic E-state index is 13.1. The highest BCUT2D eigenvalue weighted by molar-refractivity contribution is 14.1. The molecule has 3 aromatic heterocycles. The Balaban J connectivity index is 1.32. The second-order valence-corrected chi connectivity index (χ2v) is 9.44. The summed E-state index contributed by atoms with van der Waals surface area (Å²) in [6, 6.07) is 12.0. The van der Waals surface area contributed by atoms with Crippen LogP contribution in [-0.2, 0) is 17.1 Å². The van der Waals surface area contributed by atoms with Crippen LogP contribution in [0, 0.1) is 6.92 Å². The minimum atomic E-state index is -4.46. The second-order valence-electron chi connectivity index (χ2n) is 8.68. The largest absolute Gasteiger partial charge is 0.457 e. The molecule has 0 aliphatic carbocycles. The molecule has 3 heterocycles. The third kappa shape index (κ3) is 6.19. The van der Waals surface area contributed by atoms with Crippen LogP contribution in [0.4, 0.5) is 24.7 Å². The number of hydrogen-bond donors (Lipinski definition) is 2. The van der Waals surface area contributed by atoms with Crippen molar-refractivity contribution >= 4 is 51.0 Å². The standard InChI is InChI=1S/C27H22F3IN6O3/c1-16-35-22(14-39-16)26(38)32-8-10-37-9-7-21-24(37)25(34-15-33-21)36-19-5-6-23(17(11-19)13-31)40-20-4-2-3-18(12-20)27(28,29)30/h2-7,9,11-12,14-15H,8,10,13H2,1H3,(H,32,38)(H,33,34,36). The minimum absolute atomic E-state index is 0.0998. The lowest BCUT2D eigenvalue weighted by atomic mass is 10.2. The summed E-state index contributed by atoms with van der Waals surface area (Å²) < 4.78 is 52.7. The number of alkyl halides is 4. The fraction of sp³-hybridized carbons (Fsp3) is 0.185. The van der Waals surface area contributed by atoms with Crippen LogP contribution in [-0.4, -0.2) is 32.0 Å². The van der Waals surface area contributed by atoms with E-state index in [1.807, 2.05) is 22.9 Å². The quantitative estimate of drug-likeness (QED) is 0.135. The summed E-state index contributed by atoms with van der Waals surface area (Å²) in [5.41, 5.74) is 2.40. The molecule has 0 atom stereocenters. The normalized spacial score (nSPS) is 11.5. The van der Waals surface area contributed by atoms with Crippen LogP contribution in [0.1, 0.15) is 27.5 Å². The van der Waals surface area contributed by atoms with Crippen LogP contribution in [0.25, 0.3) is 11.0 Å². The van der Waals surface area contributed by atoms with Gasteiger partial charge in [-0.2, -0.15) is 13.2 Å². The molecular weight excluding hydrogens is 640 g/mol. The van der Waals surface area contributed by atoms with Gasteiger partial charge in [-0.25, -0.2) is 15.0 Å². The van der Waals surface area contributed by atoms with Crippen molar-refractivity contribution in [2.45, 2.75) is 24.1 Å². The first-order chi connectivity index (χ1) is 19.2. The number of aryl methyl sites for hydroxylation is 1. The van der Waals surface area contributed by atoms with Gasteiger partial charge in [0, 0.05) is 41.9 Å². The molecule has 5 rings (SSSR count). The fourth-order valence-electron chi connectivity index (χ4n) is 4.02. The van der Waals surface area contributed by atoms with Gasteiger partial charge >= 0.3 is 6.18 Å². The Kier molecular flexibility index (Phi) is 7.91. The number of amides is 1. The van der Waals surface area contributed by atoms with E-state index in [4.69, 9.17) is 9.15 Å². The van der Waals surface area contributed by atoms with Gasteiger partial charge in [-0.15, -0.1) is 0 Å². The van der Waals surface area contributed by atoms with Crippen LogP contribution in [0.15, 0.2) is 71.7 Å². The second kappa shape index (κ2) is 11.5. The van der Waals surface area contributed by atoms with E-state index in [-0.39, 0.29) is 17.4 Å². The van der Waals surface area contributed by atoms with Crippen molar-refractivity contribution in [3.63, 3.8) is 0 Å². The van der Waals surface area contributed by atoms with Gasteiger partial charge < -0.3 is 24.4 Å². The Morgan fingerprint density at radius 2 is 2.00 bits per heavy atom. The minimum Gasteiger partial charge on any atom is -0.457 e. The average molecular weight is 662 g/mol. The number of carbonyl (C=O) groups is 1. The molecule has 5 aromatic rings. The molecule has 0 aliphatic heterocycles. The molecule has 206 valence electrons. The van der Waals surface area contributed by atoms with Gasteiger partial charge in [-0.1, -0.05) is 28.7 Å². The Hall–Kier alpha value is -4.14. The molecule has 0 radical (unpaired) electrons. The Bertz CT molecular complexity index is 1670. The molecule has 2 N–H and O–H groups in total. The summed E-state index contributed by atoms with van der Waals surface area (Å²) in [6.45, 7) is 2.46. The van der Waals surface area contributed by atoms with E-state index in [1.54, 1.807) is 19.1 Å². The van der Waals surface area contributed by atoms with Crippen molar-refractivity contribution in [1.29, 1.82) is 0 Å². The maximum absolute atomic E-state index is 13.1. The molecule has 13 heteroatoms. The van der Waals surface area contributed by atoms with Crippen LogP contribution in [0.3, 0.4) is 0 Å². The molecule has 0 saturated carbocycles. The number of aromatic nitrogens is 4. The fourth-order valence-corrected chi connectivity index (χ4v) is 4.62. The molecule has 2 aromatic carbocycles. The highest BCUT2D eigenvalue weighted by Crippen LogP contribution is 2.35. The van der Waals surface area contributed by atoms with Gasteiger partial charge in [0.1, 0.15) is 29.6 Å². The Labute approximate surface area is 239 Å². The third-order valence-corrected chi connectivity index (χ3v) is 6.72. The van der Waals surface area contributed by atoms with E-state index in [2.05, 4.69) is 48.2 Å². The number of fused-ring (bicyclic) bond motifs is 1. The summed E-state index contributed by atoms with van der Waals surface area (Å²) >= 11 is 2.17. The zero-order chi connectivity index (χ0) is 28.3. The molecule has 9 nitrogen and oxygen atoms in total. The molecule has 0 fully saturated rings. The number of nitrogens with zero attached hydrogens (tertiary/aromatic N) is 4. The molecule has 1 amide bonds. The van der Waals surface area contributed by atoms with E-state index >= 15 is 0 Å². The van der Waals surface area contributed by atoms with Crippen LogP contribution in [0.2, 0.25) is 0 Å². The van der Waals surface area contributed by atoms with Gasteiger partial charge in [-0.3, -0.25) is 4.79 Å². The highest BCUT2D eigenvalue weighted by atomic mass is 127. The first-order valence-electron chi connectivity index (χ1n) is 12.0. The molecule has 0 spiro atoms. The number of hydrogen-bond acceptors (Lipinski definition) is 7. The van der Waals surface area contributed by atoms with E-state index < -0.39 is 11.7 Å². The number of halogens is 4. The summed E-state index contributed by atoms with van der Waals surface area (Å²) in [5, 5.41) is 6.12. The maximum Gasteiger partial charge on any atom is 0.416 e. The van der Waals surface area contributed by atoms with Gasteiger partial charge in [0.25, 0.3) is 5.91 Å². The Morgan fingerprint density at radius 3 is 2.75 bits per heavy atom. The zero-order valence-electron chi connectivity index (χ0n) is 21.0. The average Bonchev–Trinajstić information content (AvgIpc) is 3.56. The number of carbonyl (C=O) groups excluding carboxylic acids is 1. The number of oxazole rings is 1. The topological polar surface area (TPSA) is 107 Å². The van der Waals surface area contributed by atoms with Crippen molar-refractivity contribution in [2.75, 3.05) is 11.9 Å². The van der Waals surface area contributed by atoms with Gasteiger partial charge in [0.2, 0.25) is 0 Å². The number of nitrogens with one attached hydrogen (secondary N) is 2. The summed E-state index contributed by atoms with van der Waals surface area (Å²) in [4.78, 5) is 25.1. The van der Waals surface area contributed by atoms with E-state index in [9.17, 15) is 18.0 Å². The van der Waals surface area contributed by atoms with Crippen molar-refractivity contribution in [3.05, 3.63) is 90.0 Å². The zero-order valence-corrected chi connectivity index (χ0v) is 23.2. The summed E-state index contributed by atoms with van der Waals surface area (Å²) in [5.74, 6) is 1.19. The third-order valence-electron chi connectivity index (χ3n) is 5.90. The van der Waals surface area contributed by atoms with Crippen LogP contribution >= 0.6 is 22.6 Å². The SMILES string of the molecule is Cc1nc(C(=O)NCCn2ccc3ncnc(Nc4ccc(Oc5cccc(C(F)(F)F)c5)c(CI)c4)c32)co1. The lowest BCUT2D eigenvalue weighted by molar-refractivity contribution is -0.137. The summed E-state index contributed by atoms with van der Waals surface area (Å²) in [6.07, 6.45) is 0.167. The monoisotopic (exact) mass is 662 g/mol.